The van der Waals surface area contributed by atoms with Gasteiger partial charge in [-0.25, -0.2) is 9.37 Å². The number of aromatic nitrogens is 2. The summed E-state index contributed by atoms with van der Waals surface area (Å²) in [6.45, 7) is 0. The Morgan fingerprint density at radius 1 is 1.33 bits per heavy atom. The third-order valence-corrected chi connectivity index (χ3v) is 2.53. The predicted molar refractivity (Wildman–Crippen MR) is 67.5 cm³/mol. The molecular formula is C12H13FN4O. The zero-order chi connectivity index (χ0) is 13.1. The van der Waals surface area contributed by atoms with E-state index in [1.54, 1.807) is 24.1 Å². The topological polar surface area (TPSA) is 64.3 Å². The number of ether oxygens (including phenoxy) is 1. The Hall–Kier alpha value is -2.37. The fourth-order valence-corrected chi connectivity index (χ4v) is 1.61. The average molecular weight is 248 g/mol. The van der Waals surface area contributed by atoms with Crippen LogP contribution in [0, 0.1) is 5.82 Å². The number of anilines is 3. The molecule has 2 rings (SSSR count). The quantitative estimate of drug-likeness (QED) is 0.899. The Bertz CT molecular complexity index is 562. The lowest BCUT2D eigenvalue weighted by molar-refractivity contribution is 0.399. The van der Waals surface area contributed by atoms with Crippen LogP contribution < -0.4 is 15.4 Å². The molecule has 6 heteroatoms. The Kier molecular flexibility index (Phi) is 3.27. The lowest BCUT2D eigenvalue weighted by Crippen LogP contribution is -2.14. The smallest absolute Gasteiger partial charge is 0.242 e. The standard InChI is InChI=1S/C12H13FN4O/c1-17(9-5-3-4-8(13)6-9)11-10(14)12(18-2)16-7-15-11/h3-7H,14H2,1-2H3. The van der Waals surface area contributed by atoms with Crippen LogP contribution in [0.5, 0.6) is 5.88 Å². The second-order valence-corrected chi connectivity index (χ2v) is 3.66. The van der Waals surface area contributed by atoms with Crippen molar-refractivity contribution in [3.63, 3.8) is 0 Å². The summed E-state index contributed by atoms with van der Waals surface area (Å²) in [4.78, 5) is 9.64. The van der Waals surface area contributed by atoms with Crippen LogP contribution in [0.3, 0.4) is 0 Å². The molecule has 0 aliphatic carbocycles. The molecule has 94 valence electrons. The van der Waals surface area contributed by atoms with E-state index in [1.165, 1.54) is 25.6 Å². The molecule has 0 bridgehead atoms. The molecular weight excluding hydrogens is 235 g/mol. The van der Waals surface area contributed by atoms with E-state index in [1.807, 2.05) is 0 Å². The lowest BCUT2D eigenvalue weighted by atomic mass is 10.3. The van der Waals surface area contributed by atoms with Crippen LogP contribution in [0.2, 0.25) is 0 Å². The van der Waals surface area contributed by atoms with Gasteiger partial charge in [-0.05, 0) is 18.2 Å². The summed E-state index contributed by atoms with van der Waals surface area (Å²) < 4.78 is 18.2. The normalized spacial score (nSPS) is 10.2. The monoisotopic (exact) mass is 248 g/mol. The summed E-state index contributed by atoms with van der Waals surface area (Å²) in [5, 5.41) is 0. The van der Waals surface area contributed by atoms with Gasteiger partial charge in [-0.2, -0.15) is 4.98 Å². The van der Waals surface area contributed by atoms with Gasteiger partial charge in [0.2, 0.25) is 5.88 Å². The predicted octanol–water partition coefficient (Wildman–Crippen LogP) is 1.97. The van der Waals surface area contributed by atoms with Crippen molar-refractivity contribution >= 4 is 17.2 Å². The third-order valence-electron chi connectivity index (χ3n) is 2.53. The van der Waals surface area contributed by atoms with Gasteiger partial charge in [-0.1, -0.05) is 6.07 Å². The van der Waals surface area contributed by atoms with Crippen molar-refractivity contribution in [2.75, 3.05) is 24.8 Å². The molecule has 0 fully saturated rings. The van der Waals surface area contributed by atoms with E-state index in [0.29, 0.717) is 23.1 Å². The largest absolute Gasteiger partial charge is 0.479 e. The van der Waals surface area contributed by atoms with Crippen LogP contribution in [0.15, 0.2) is 30.6 Å². The second kappa shape index (κ2) is 4.87. The molecule has 18 heavy (non-hydrogen) atoms. The Balaban J connectivity index is 2.43. The number of nitrogens with zero attached hydrogens (tertiary/aromatic N) is 3. The van der Waals surface area contributed by atoms with E-state index in [-0.39, 0.29) is 5.82 Å². The minimum atomic E-state index is -0.320. The molecule has 2 N–H and O–H groups in total. The molecule has 0 spiro atoms. The van der Waals surface area contributed by atoms with Gasteiger partial charge in [0.15, 0.2) is 5.82 Å². The number of rotatable bonds is 3. The first-order chi connectivity index (χ1) is 8.63. The van der Waals surface area contributed by atoms with Gasteiger partial charge in [0.25, 0.3) is 0 Å². The summed E-state index contributed by atoms with van der Waals surface area (Å²) in [6.07, 6.45) is 1.35. The Morgan fingerprint density at radius 3 is 2.78 bits per heavy atom. The van der Waals surface area contributed by atoms with Crippen LogP contribution in [0.25, 0.3) is 0 Å². The number of benzene rings is 1. The number of halogens is 1. The second-order valence-electron chi connectivity index (χ2n) is 3.66. The minimum Gasteiger partial charge on any atom is -0.479 e. The minimum absolute atomic E-state index is 0.295. The highest BCUT2D eigenvalue weighted by molar-refractivity contribution is 5.73. The van der Waals surface area contributed by atoms with Crippen LogP contribution in [-0.4, -0.2) is 24.1 Å². The summed E-state index contributed by atoms with van der Waals surface area (Å²) in [5.74, 6) is 0.439. The third kappa shape index (κ3) is 2.17. The molecule has 0 aliphatic heterocycles. The van der Waals surface area contributed by atoms with Crippen molar-refractivity contribution in [2.45, 2.75) is 0 Å². The highest BCUT2D eigenvalue weighted by Gasteiger charge is 2.14. The van der Waals surface area contributed by atoms with Crippen LogP contribution in [-0.2, 0) is 0 Å². The highest BCUT2D eigenvalue weighted by atomic mass is 19.1. The first kappa shape index (κ1) is 12.1. The van der Waals surface area contributed by atoms with Crippen LogP contribution in [0.4, 0.5) is 21.6 Å². The Labute approximate surface area is 104 Å². The number of hydrogen-bond acceptors (Lipinski definition) is 5. The van der Waals surface area contributed by atoms with E-state index in [2.05, 4.69) is 9.97 Å². The maximum absolute atomic E-state index is 13.2. The van der Waals surface area contributed by atoms with E-state index >= 15 is 0 Å². The highest BCUT2D eigenvalue weighted by Crippen LogP contribution is 2.31. The van der Waals surface area contributed by atoms with Crippen LogP contribution >= 0.6 is 0 Å². The summed E-state index contributed by atoms with van der Waals surface area (Å²) in [7, 11) is 3.22. The SMILES string of the molecule is COc1ncnc(N(C)c2cccc(F)c2)c1N. The molecule has 1 aromatic carbocycles. The number of nitrogens with two attached hydrogens (primary N) is 1. The van der Waals surface area contributed by atoms with Crippen molar-refractivity contribution in [1.82, 2.24) is 9.97 Å². The maximum atomic E-state index is 13.2. The van der Waals surface area contributed by atoms with Crippen molar-refractivity contribution < 1.29 is 9.13 Å². The van der Waals surface area contributed by atoms with Gasteiger partial charge in [-0.15, -0.1) is 0 Å². The molecule has 0 amide bonds. The maximum Gasteiger partial charge on any atom is 0.242 e. The molecule has 0 saturated heterocycles. The van der Waals surface area contributed by atoms with E-state index in [9.17, 15) is 4.39 Å². The molecule has 0 atom stereocenters. The number of methoxy groups -OCH3 is 1. The molecule has 0 saturated carbocycles. The van der Waals surface area contributed by atoms with Gasteiger partial charge in [0, 0.05) is 12.7 Å². The number of nitrogen functional groups attached to an aromatic ring is 1. The van der Waals surface area contributed by atoms with Gasteiger partial charge >= 0.3 is 0 Å². The van der Waals surface area contributed by atoms with Crippen molar-refractivity contribution in [1.29, 1.82) is 0 Å². The zero-order valence-electron chi connectivity index (χ0n) is 10.1. The van der Waals surface area contributed by atoms with E-state index in [4.69, 9.17) is 10.5 Å². The van der Waals surface area contributed by atoms with Crippen molar-refractivity contribution in [3.8, 4) is 5.88 Å². The van der Waals surface area contributed by atoms with E-state index < -0.39 is 0 Å². The lowest BCUT2D eigenvalue weighted by Gasteiger charge is -2.20. The zero-order valence-corrected chi connectivity index (χ0v) is 10.1. The summed E-state index contributed by atoms with van der Waals surface area (Å²) in [6, 6.07) is 6.15. The van der Waals surface area contributed by atoms with Crippen molar-refractivity contribution in [2.24, 2.45) is 0 Å². The summed E-state index contributed by atoms with van der Waals surface area (Å²) in [5.41, 5.74) is 6.84. The molecule has 0 unspecified atom stereocenters. The average Bonchev–Trinajstić information content (AvgIpc) is 2.38. The molecule has 0 radical (unpaired) electrons. The van der Waals surface area contributed by atoms with Crippen molar-refractivity contribution in [3.05, 3.63) is 36.4 Å². The molecule has 5 nitrogen and oxygen atoms in total. The molecule has 1 aromatic heterocycles. The number of hydrogen-bond donors (Lipinski definition) is 1. The van der Waals surface area contributed by atoms with E-state index in [0.717, 1.165) is 0 Å². The first-order valence-electron chi connectivity index (χ1n) is 5.27. The van der Waals surface area contributed by atoms with Crippen LogP contribution in [0.1, 0.15) is 0 Å². The Morgan fingerprint density at radius 2 is 2.11 bits per heavy atom. The molecule has 0 aliphatic rings. The summed E-state index contributed by atoms with van der Waals surface area (Å²) >= 11 is 0. The molecule has 1 heterocycles. The van der Waals surface area contributed by atoms with Gasteiger partial charge < -0.3 is 15.4 Å². The van der Waals surface area contributed by atoms with Gasteiger partial charge in [0.05, 0.1) is 7.11 Å². The molecule has 2 aromatic rings. The fraction of sp³-hybridized carbons (Fsp3) is 0.167. The van der Waals surface area contributed by atoms with Gasteiger partial charge in [-0.3, -0.25) is 0 Å². The fourth-order valence-electron chi connectivity index (χ4n) is 1.61. The van der Waals surface area contributed by atoms with Gasteiger partial charge in [0.1, 0.15) is 17.8 Å². The first-order valence-corrected chi connectivity index (χ1v) is 5.27.